The van der Waals surface area contributed by atoms with E-state index in [1.54, 1.807) is 0 Å². The zero-order chi connectivity index (χ0) is 14.5. The quantitative estimate of drug-likeness (QED) is 0.798. The van der Waals surface area contributed by atoms with Crippen LogP contribution in [-0.4, -0.2) is 22.9 Å². The third kappa shape index (κ3) is 2.93. The van der Waals surface area contributed by atoms with Crippen LogP contribution in [0.3, 0.4) is 0 Å². The largest absolute Gasteiger partial charge is 0.464 e. The van der Waals surface area contributed by atoms with Gasteiger partial charge in [-0.2, -0.15) is 5.10 Å². The molecule has 0 aliphatic rings. The van der Waals surface area contributed by atoms with E-state index in [0.29, 0.717) is 0 Å². The van der Waals surface area contributed by atoms with Crippen LogP contribution >= 0.6 is 0 Å². The molecule has 0 spiro atoms. The van der Waals surface area contributed by atoms with E-state index in [1.807, 2.05) is 24.3 Å². The summed E-state index contributed by atoms with van der Waals surface area (Å²) in [4.78, 5) is 23.0. The van der Waals surface area contributed by atoms with Crippen molar-refractivity contribution >= 4 is 5.97 Å². The van der Waals surface area contributed by atoms with E-state index in [9.17, 15) is 9.59 Å². The fraction of sp³-hybridized carbons (Fsp3) is 0.267. The third-order valence-electron chi connectivity index (χ3n) is 2.93. The van der Waals surface area contributed by atoms with Gasteiger partial charge >= 0.3 is 5.97 Å². The first kappa shape index (κ1) is 14.0. The summed E-state index contributed by atoms with van der Waals surface area (Å²) in [6, 6.07) is 9.14. The fourth-order valence-corrected chi connectivity index (χ4v) is 1.89. The van der Waals surface area contributed by atoms with Gasteiger partial charge in [-0.3, -0.25) is 4.79 Å². The van der Waals surface area contributed by atoms with E-state index < -0.39 is 11.4 Å². The average molecular weight is 272 g/mol. The highest BCUT2D eigenvalue weighted by molar-refractivity contribution is 5.86. The molecule has 104 valence electrons. The molecule has 0 radical (unpaired) electrons. The lowest BCUT2D eigenvalue weighted by Crippen LogP contribution is -2.21. The number of benzene rings is 1. The van der Waals surface area contributed by atoms with Crippen LogP contribution in [0.2, 0.25) is 0 Å². The molecule has 0 unspecified atom stereocenters. The molecule has 20 heavy (non-hydrogen) atoms. The Labute approximate surface area is 116 Å². The van der Waals surface area contributed by atoms with Crippen LogP contribution in [0, 0.1) is 0 Å². The normalized spacial score (nSPS) is 10.3. The molecule has 1 aromatic heterocycles. The van der Waals surface area contributed by atoms with Crippen LogP contribution in [-0.2, 0) is 11.2 Å². The Balaban J connectivity index is 2.37. The highest BCUT2D eigenvalue weighted by Gasteiger charge is 2.13. The Hall–Kier alpha value is -2.43. The summed E-state index contributed by atoms with van der Waals surface area (Å²) in [7, 11) is 1.22. The van der Waals surface area contributed by atoms with Gasteiger partial charge in [0.05, 0.1) is 12.8 Å². The van der Waals surface area contributed by atoms with E-state index in [4.69, 9.17) is 0 Å². The lowest BCUT2D eigenvalue weighted by atomic mass is 10.1. The molecule has 5 heteroatoms. The molecular formula is C15H16N2O3. The van der Waals surface area contributed by atoms with Crippen molar-refractivity contribution in [3.8, 4) is 5.69 Å². The number of hydrogen-bond donors (Lipinski definition) is 0. The van der Waals surface area contributed by atoms with Crippen molar-refractivity contribution in [2.75, 3.05) is 7.11 Å². The van der Waals surface area contributed by atoms with Gasteiger partial charge in [-0.1, -0.05) is 25.5 Å². The number of aryl methyl sites for hydroxylation is 1. The summed E-state index contributed by atoms with van der Waals surface area (Å²) >= 11 is 0. The number of carbonyl (C=O) groups excluding carboxylic acids is 1. The molecule has 2 rings (SSSR count). The molecule has 0 saturated carbocycles. The number of rotatable bonds is 4. The van der Waals surface area contributed by atoms with E-state index in [0.717, 1.165) is 18.5 Å². The van der Waals surface area contributed by atoms with Crippen LogP contribution in [0.5, 0.6) is 0 Å². The predicted molar refractivity (Wildman–Crippen MR) is 75.2 cm³/mol. The van der Waals surface area contributed by atoms with Gasteiger partial charge in [0.2, 0.25) is 11.1 Å². The molecule has 1 heterocycles. The summed E-state index contributed by atoms with van der Waals surface area (Å²) in [6.45, 7) is 2.12. The number of esters is 1. The minimum atomic E-state index is -0.730. The number of aromatic nitrogens is 2. The third-order valence-corrected chi connectivity index (χ3v) is 2.93. The first-order valence-electron chi connectivity index (χ1n) is 6.43. The molecule has 0 atom stereocenters. The van der Waals surface area contributed by atoms with Gasteiger partial charge in [0, 0.05) is 12.3 Å². The van der Waals surface area contributed by atoms with Crippen LogP contribution in [0.4, 0.5) is 0 Å². The maximum absolute atomic E-state index is 11.6. The summed E-state index contributed by atoms with van der Waals surface area (Å²) in [5, 5.41) is 4.02. The number of methoxy groups -OCH3 is 1. The topological polar surface area (TPSA) is 61.2 Å². The number of hydrogen-bond acceptors (Lipinski definition) is 4. The molecule has 0 aliphatic carbocycles. The second-order valence-corrected chi connectivity index (χ2v) is 4.38. The lowest BCUT2D eigenvalue weighted by molar-refractivity contribution is 0.0590. The Morgan fingerprint density at radius 2 is 1.95 bits per heavy atom. The maximum atomic E-state index is 11.6. The minimum absolute atomic E-state index is 0.215. The standard InChI is InChI=1S/C15H16N2O3/c1-3-4-11-5-7-12(8-6-11)17-10-9-13(18)14(16-17)15(19)20-2/h5-10H,3-4H2,1-2H3. The lowest BCUT2D eigenvalue weighted by Gasteiger charge is -2.07. The molecule has 0 N–H and O–H groups in total. The highest BCUT2D eigenvalue weighted by Crippen LogP contribution is 2.09. The van der Waals surface area contributed by atoms with Gasteiger partial charge in [-0.25, -0.2) is 9.48 Å². The smallest absolute Gasteiger partial charge is 0.362 e. The van der Waals surface area contributed by atoms with Gasteiger partial charge in [0.25, 0.3) is 0 Å². The van der Waals surface area contributed by atoms with Crippen molar-refractivity contribution in [3.05, 3.63) is 58.0 Å². The molecule has 0 bridgehead atoms. The molecular weight excluding hydrogens is 256 g/mol. The molecule has 0 saturated heterocycles. The SMILES string of the molecule is CCCc1ccc(-n2ccc(=O)c(C(=O)OC)n2)cc1. The molecule has 2 aromatic rings. The molecule has 0 amide bonds. The van der Waals surface area contributed by atoms with Crippen molar-refractivity contribution in [2.45, 2.75) is 19.8 Å². The first-order chi connectivity index (χ1) is 9.65. The van der Waals surface area contributed by atoms with Crippen molar-refractivity contribution in [2.24, 2.45) is 0 Å². The van der Waals surface area contributed by atoms with Crippen molar-refractivity contribution in [1.29, 1.82) is 0 Å². The highest BCUT2D eigenvalue weighted by atomic mass is 16.5. The van der Waals surface area contributed by atoms with E-state index >= 15 is 0 Å². The minimum Gasteiger partial charge on any atom is -0.464 e. The van der Waals surface area contributed by atoms with Gasteiger partial charge < -0.3 is 4.74 Å². The molecule has 1 aromatic carbocycles. The van der Waals surface area contributed by atoms with Crippen LogP contribution in [0.25, 0.3) is 5.69 Å². The predicted octanol–water partition coefficient (Wildman–Crippen LogP) is 1.97. The van der Waals surface area contributed by atoms with Gasteiger partial charge in [0.1, 0.15) is 0 Å². The van der Waals surface area contributed by atoms with Gasteiger partial charge in [-0.15, -0.1) is 0 Å². The average Bonchev–Trinajstić information content (AvgIpc) is 2.48. The Bertz CT molecular complexity index is 660. The summed E-state index contributed by atoms with van der Waals surface area (Å²) in [5.74, 6) is -0.730. The second kappa shape index (κ2) is 6.14. The van der Waals surface area contributed by atoms with Gasteiger partial charge in [0.15, 0.2) is 0 Å². The van der Waals surface area contributed by atoms with E-state index in [-0.39, 0.29) is 5.69 Å². The van der Waals surface area contributed by atoms with E-state index in [1.165, 1.54) is 29.6 Å². The Morgan fingerprint density at radius 1 is 1.25 bits per heavy atom. The number of carbonyl (C=O) groups is 1. The van der Waals surface area contributed by atoms with Crippen molar-refractivity contribution < 1.29 is 9.53 Å². The number of ether oxygens (including phenoxy) is 1. The summed E-state index contributed by atoms with van der Waals surface area (Å²) in [5.41, 5.74) is 1.36. The monoisotopic (exact) mass is 272 g/mol. The van der Waals surface area contributed by atoms with Crippen LogP contribution < -0.4 is 5.43 Å². The fourth-order valence-electron chi connectivity index (χ4n) is 1.89. The zero-order valence-corrected chi connectivity index (χ0v) is 11.5. The number of nitrogens with zero attached hydrogens (tertiary/aromatic N) is 2. The van der Waals surface area contributed by atoms with Crippen LogP contribution in [0.15, 0.2) is 41.3 Å². The summed E-state index contributed by atoms with van der Waals surface area (Å²) < 4.78 is 6.03. The van der Waals surface area contributed by atoms with Crippen LogP contribution in [0.1, 0.15) is 29.4 Å². The summed E-state index contributed by atoms with van der Waals surface area (Å²) in [6.07, 6.45) is 3.64. The first-order valence-corrected chi connectivity index (χ1v) is 6.43. The van der Waals surface area contributed by atoms with Crippen molar-refractivity contribution in [1.82, 2.24) is 9.78 Å². The molecule has 5 nitrogen and oxygen atoms in total. The zero-order valence-electron chi connectivity index (χ0n) is 11.5. The second-order valence-electron chi connectivity index (χ2n) is 4.38. The Morgan fingerprint density at radius 3 is 2.55 bits per heavy atom. The maximum Gasteiger partial charge on any atom is 0.362 e. The Kier molecular flexibility index (Phi) is 4.30. The van der Waals surface area contributed by atoms with E-state index in [2.05, 4.69) is 16.8 Å². The van der Waals surface area contributed by atoms with Gasteiger partial charge in [-0.05, 0) is 24.1 Å². The molecule has 0 fully saturated rings. The van der Waals surface area contributed by atoms with Crippen molar-refractivity contribution in [3.63, 3.8) is 0 Å². The molecule has 0 aliphatic heterocycles.